The van der Waals surface area contributed by atoms with Gasteiger partial charge in [-0.25, -0.2) is 0 Å². The molecule has 2 aliphatic heterocycles. The number of hydrogen-bond donors (Lipinski definition) is 1. The van der Waals surface area contributed by atoms with Crippen molar-refractivity contribution in [1.82, 2.24) is 10.2 Å². The summed E-state index contributed by atoms with van der Waals surface area (Å²) < 4.78 is 0. The Morgan fingerprint density at radius 2 is 1.93 bits per heavy atom. The smallest absolute Gasteiger partial charge is 0.226 e. The van der Waals surface area contributed by atoms with E-state index in [1.54, 1.807) is 0 Å². The minimum absolute atomic E-state index is 0.125. The summed E-state index contributed by atoms with van der Waals surface area (Å²) in [5.74, 6) is 0.849. The molecule has 27 heavy (non-hydrogen) atoms. The third kappa shape index (κ3) is 3.60. The zero-order valence-electron chi connectivity index (χ0n) is 16.2. The van der Waals surface area contributed by atoms with Gasteiger partial charge in [-0.3, -0.25) is 4.79 Å². The number of amides is 1. The Kier molecular flexibility index (Phi) is 5.20. The first-order valence-corrected chi connectivity index (χ1v) is 10.3. The summed E-state index contributed by atoms with van der Waals surface area (Å²) in [5.41, 5.74) is 2.27. The molecule has 2 unspecified atom stereocenters. The number of carbonyl (C=O) groups excluding carboxylic acids is 1. The fourth-order valence-electron chi connectivity index (χ4n) is 4.90. The summed E-state index contributed by atoms with van der Waals surface area (Å²) in [6.45, 7) is 6.47. The number of hydrogen-bond acceptors (Lipinski definition) is 2. The van der Waals surface area contributed by atoms with Crippen LogP contribution in [0.15, 0.2) is 66.9 Å². The van der Waals surface area contributed by atoms with E-state index in [1.807, 2.05) is 0 Å². The lowest BCUT2D eigenvalue weighted by Crippen LogP contribution is -2.49. The molecule has 5 atom stereocenters. The van der Waals surface area contributed by atoms with Crippen molar-refractivity contribution in [3.05, 3.63) is 72.5 Å². The largest absolute Gasteiger partial charge is 0.380 e. The van der Waals surface area contributed by atoms with Gasteiger partial charge < -0.3 is 10.2 Å². The summed E-state index contributed by atoms with van der Waals surface area (Å²) >= 11 is 0. The second-order valence-electron chi connectivity index (χ2n) is 8.24. The predicted molar refractivity (Wildman–Crippen MR) is 110 cm³/mol. The van der Waals surface area contributed by atoms with E-state index in [0.717, 1.165) is 37.8 Å². The molecule has 1 N–H and O–H groups in total. The van der Waals surface area contributed by atoms with Gasteiger partial charge in [-0.15, -0.1) is 0 Å². The fraction of sp³-hybridized carbons (Fsp3) is 0.458. The van der Waals surface area contributed by atoms with E-state index in [2.05, 4.69) is 78.4 Å². The molecule has 3 nitrogen and oxygen atoms in total. The molecule has 1 aromatic rings. The minimum Gasteiger partial charge on any atom is -0.380 e. The van der Waals surface area contributed by atoms with Gasteiger partial charge in [-0.1, -0.05) is 68.1 Å². The van der Waals surface area contributed by atoms with Crippen LogP contribution in [0, 0.1) is 11.8 Å². The Morgan fingerprint density at radius 1 is 1.15 bits per heavy atom. The number of nitrogens with one attached hydrogen (secondary N) is 1. The Labute approximate surface area is 162 Å². The van der Waals surface area contributed by atoms with Gasteiger partial charge in [0.1, 0.15) is 0 Å². The highest BCUT2D eigenvalue weighted by Gasteiger charge is 2.43. The zero-order chi connectivity index (χ0) is 18.8. The molecule has 1 amide bonds. The first kappa shape index (κ1) is 18.1. The highest BCUT2D eigenvalue weighted by molar-refractivity contribution is 5.80. The van der Waals surface area contributed by atoms with Gasteiger partial charge in [0, 0.05) is 23.6 Å². The molecule has 0 bridgehead atoms. The molecule has 142 valence electrons. The SMILES string of the molecule is C=C(NC(c1ccccc1)C1C=CC=CC1)[C@@H]1CC[C@@H]2CC[C@H](C)C(=O)N21. The van der Waals surface area contributed by atoms with Crippen LogP contribution in [-0.4, -0.2) is 22.9 Å². The van der Waals surface area contributed by atoms with Gasteiger partial charge >= 0.3 is 0 Å². The third-order valence-corrected chi connectivity index (χ3v) is 6.46. The van der Waals surface area contributed by atoms with Crippen LogP contribution in [0.25, 0.3) is 0 Å². The van der Waals surface area contributed by atoms with E-state index in [9.17, 15) is 4.79 Å². The molecule has 3 aliphatic rings. The molecule has 2 fully saturated rings. The fourth-order valence-corrected chi connectivity index (χ4v) is 4.90. The lowest BCUT2D eigenvalue weighted by molar-refractivity contribution is -0.140. The van der Waals surface area contributed by atoms with E-state index in [4.69, 9.17) is 0 Å². The van der Waals surface area contributed by atoms with E-state index < -0.39 is 0 Å². The predicted octanol–water partition coefficient (Wildman–Crippen LogP) is 4.75. The van der Waals surface area contributed by atoms with Crippen molar-refractivity contribution in [2.45, 2.75) is 57.2 Å². The van der Waals surface area contributed by atoms with E-state index >= 15 is 0 Å². The Hall–Kier alpha value is -2.29. The summed E-state index contributed by atoms with van der Waals surface area (Å²) in [4.78, 5) is 15.0. The maximum Gasteiger partial charge on any atom is 0.226 e. The molecule has 2 saturated heterocycles. The van der Waals surface area contributed by atoms with Crippen LogP contribution >= 0.6 is 0 Å². The van der Waals surface area contributed by atoms with Crippen LogP contribution in [0.1, 0.15) is 50.6 Å². The summed E-state index contributed by atoms with van der Waals surface area (Å²) in [6, 6.07) is 11.3. The summed E-state index contributed by atoms with van der Waals surface area (Å²) in [6.07, 6.45) is 14.1. The van der Waals surface area contributed by atoms with Crippen LogP contribution in [0.5, 0.6) is 0 Å². The average molecular weight is 363 g/mol. The lowest BCUT2D eigenvalue weighted by atomic mass is 9.87. The normalized spacial score (nSPS) is 30.9. The molecule has 1 aliphatic carbocycles. The molecule has 3 heteroatoms. The van der Waals surface area contributed by atoms with Crippen LogP contribution < -0.4 is 5.32 Å². The summed E-state index contributed by atoms with van der Waals surface area (Å²) in [7, 11) is 0. The highest BCUT2D eigenvalue weighted by atomic mass is 16.2. The number of benzene rings is 1. The first-order chi connectivity index (χ1) is 13.1. The van der Waals surface area contributed by atoms with Crippen molar-refractivity contribution in [3.8, 4) is 0 Å². The Morgan fingerprint density at radius 3 is 2.67 bits per heavy atom. The van der Waals surface area contributed by atoms with Crippen LogP contribution in [0.2, 0.25) is 0 Å². The standard InChI is InChI=1S/C24H30N2O/c1-17-13-14-21-15-16-22(26(21)24(17)27)18(2)25-23(19-9-5-3-6-10-19)20-11-7-4-8-12-20/h3-11,17,20-23,25H,2,12-16H2,1H3/t17-,20?,21-,22-,23?/m0/s1. The molecule has 0 radical (unpaired) electrons. The number of rotatable bonds is 5. The topological polar surface area (TPSA) is 32.3 Å². The average Bonchev–Trinajstić information content (AvgIpc) is 3.15. The number of nitrogens with zero attached hydrogens (tertiary/aromatic N) is 1. The van der Waals surface area contributed by atoms with Crippen molar-refractivity contribution in [1.29, 1.82) is 0 Å². The Balaban J connectivity index is 1.54. The second kappa shape index (κ2) is 7.75. The molecular weight excluding hydrogens is 332 g/mol. The molecule has 0 aromatic heterocycles. The van der Waals surface area contributed by atoms with Crippen molar-refractivity contribution < 1.29 is 4.79 Å². The molecule has 1 aromatic carbocycles. The van der Waals surface area contributed by atoms with Crippen molar-refractivity contribution in [2.24, 2.45) is 11.8 Å². The van der Waals surface area contributed by atoms with Crippen molar-refractivity contribution in [3.63, 3.8) is 0 Å². The number of piperidine rings is 1. The van der Waals surface area contributed by atoms with Crippen LogP contribution in [-0.2, 0) is 4.79 Å². The third-order valence-electron chi connectivity index (χ3n) is 6.46. The highest BCUT2D eigenvalue weighted by Crippen LogP contribution is 2.38. The van der Waals surface area contributed by atoms with Gasteiger partial charge in [0.2, 0.25) is 5.91 Å². The molecule has 0 saturated carbocycles. The first-order valence-electron chi connectivity index (χ1n) is 10.3. The zero-order valence-corrected chi connectivity index (χ0v) is 16.2. The quantitative estimate of drug-likeness (QED) is 0.819. The van der Waals surface area contributed by atoms with Gasteiger partial charge in [0.15, 0.2) is 0 Å². The van der Waals surface area contributed by atoms with E-state index in [0.29, 0.717) is 17.9 Å². The number of carbonyl (C=O) groups is 1. The van der Waals surface area contributed by atoms with E-state index in [-0.39, 0.29) is 18.0 Å². The maximum atomic E-state index is 12.8. The van der Waals surface area contributed by atoms with Crippen molar-refractivity contribution >= 4 is 5.91 Å². The van der Waals surface area contributed by atoms with Gasteiger partial charge in [0.05, 0.1) is 12.1 Å². The number of allylic oxidation sites excluding steroid dienone is 3. The van der Waals surface area contributed by atoms with Gasteiger partial charge in [0.25, 0.3) is 0 Å². The van der Waals surface area contributed by atoms with E-state index in [1.165, 1.54) is 5.56 Å². The second-order valence-corrected chi connectivity index (χ2v) is 8.24. The molecule has 2 heterocycles. The monoisotopic (exact) mass is 362 g/mol. The summed E-state index contributed by atoms with van der Waals surface area (Å²) in [5, 5.41) is 3.74. The maximum absolute atomic E-state index is 12.8. The van der Waals surface area contributed by atoms with Crippen LogP contribution in [0.3, 0.4) is 0 Å². The van der Waals surface area contributed by atoms with Crippen LogP contribution in [0.4, 0.5) is 0 Å². The lowest BCUT2D eigenvalue weighted by Gasteiger charge is -2.39. The Bertz CT molecular complexity index is 751. The minimum atomic E-state index is 0.125. The molecular formula is C24H30N2O. The molecule has 0 spiro atoms. The number of fused-ring (bicyclic) bond motifs is 1. The molecule has 4 rings (SSSR count). The van der Waals surface area contributed by atoms with Gasteiger partial charge in [-0.2, -0.15) is 0 Å². The van der Waals surface area contributed by atoms with Crippen molar-refractivity contribution in [2.75, 3.05) is 0 Å². The van der Waals surface area contributed by atoms with Gasteiger partial charge in [-0.05, 0) is 37.7 Å².